The van der Waals surface area contributed by atoms with Crippen molar-refractivity contribution >= 4 is 39.5 Å². The van der Waals surface area contributed by atoms with Crippen molar-refractivity contribution in [3.05, 3.63) is 0 Å². The second-order valence-electron chi connectivity index (χ2n) is 26.8. The fraction of sp³-hybridized carbons (Fsp3) is 0.944. The van der Waals surface area contributed by atoms with Crippen molar-refractivity contribution in [3.8, 4) is 0 Å². The molecule has 0 fully saturated rings. The summed E-state index contributed by atoms with van der Waals surface area (Å²) in [5.74, 6) is 0.101. The lowest BCUT2D eigenvalue weighted by atomic mass is 10.00. The first-order valence-electron chi connectivity index (χ1n) is 36.9. The number of ether oxygens (including phenoxy) is 4. The maximum Gasteiger partial charge on any atom is 0.472 e. The van der Waals surface area contributed by atoms with Gasteiger partial charge in [-0.05, 0) is 43.4 Å². The number of aliphatic hydroxyl groups excluding tert-OH is 1. The van der Waals surface area contributed by atoms with E-state index in [2.05, 4.69) is 48.5 Å². The first-order chi connectivity index (χ1) is 43.3. The molecule has 0 amide bonds. The first-order valence-corrected chi connectivity index (χ1v) is 39.9. The summed E-state index contributed by atoms with van der Waals surface area (Å²) in [4.78, 5) is 72.4. The third kappa shape index (κ3) is 63.5. The summed E-state index contributed by atoms with van der Waals surface area (Å²) in [6, 6.07) is 0. The lowest BCUT2D eigenvalue weighted by Gasteiger charge is -2.21. The second kappa shape index (κ2) is 61.9. The third-order valence-electron chi connectivity index (χ3n) is 16.7. The minimum atomic E-state index is -4.95. The summed E-state index contributed by atoms with van der Waals surface area (Å²) >= 11 is 0. The highest BCUT2D eigenvalue weighted by Gasteiger charge is 2.30. The smallest absolute Gasteiger partial charge is 0.462 e. The number of phosphoric ester groups is 2. The van der Waals surface area contributed by atoms with Gasteiger partial charge in [0.25, 0.3) is 0 Å². The predicted octanol–water partition coefficient (Wildman–Crippen LogP) is 20.2. The second-order valence-corrected chi connectivity index (χ2v) is 29.7. The van der Waals surface area contributed by atoms with E-state index in [1.165, 1.54) is 154 Å². The summed E-state index contributed by atoms with van der Waals surface area (Å²) < 4.78 is 68.2. The van der Waals surface area contributed by atoms with Gasteiger partial charge in [-0.3, -0.25) is 37.3 Å². The Morgan fingerprint density at radius 3 is 0.844 bits per heavy atom. The Bertz CT molecular complexity index is 1770. The number of phosphoric acid groups is 2. The molecule has 0 heterocycles. The number of rotatable bonds is 69. The van der Waals surface area contributed by atoms with Crippen molar-refractivity contribution in [2.45, 2.75) is 375 Å². The SMILES string of the molecule is CCCCCCCCCCCCC(=O)O[C@H](COC(=O)CCCCCCCCC(C)C)COP(=O)(O)OC[C@H](O)COP(=O)(O)OC[C@@H](COC(=O)CCCCCCCCC(C)CC)OC(=O)CCCCCCCCCCCCCCCCCCCCC(C)C. The van der Waals surface area contributed by atoms with Crippen LogP contribution < -0.4 is 0 Å². The maximum absolute atomic E-state index is 13.0. The van der Waals surface area contributed by atoms with Gasteiger partial charge in [0.05, 0.1) is 26.4 Å². The fourth-order valence-corrected chi connectivity index (χ4v) is 12.3. The molecule has 3 N–H and O–H groups in total. The van der Waals surface area contributed by atoms with Gasteiger partial charge in [0.15, 0.2) is 12.2 Å². The number of esters is 4. The van der Waals surface area contributed by atoms with Gasteiger partial charge < -0.3 is 33.8 Å². The fourth-order valence-electron chi connectivity index (χ4n) is 10.7. The summed E-state index contributed by atoms with van der Waals surface area (Å²) in [6.45, 7) is 11.8. The van der Waals surface area contributed by atoms with Gasteiger partial charge in [-0.25, -0.2) is 9.13 Å². The van der Waals surface area contributed by atoms with E-state index in [-0.39, 0.29) is 25.7 Å². The largest absolute Gasteiger partial charge is 0.472 e. The molecule has 0 saturated carbocycles. The average Bonchev–Trinajstić information content (AvgIpc) is 3.29. The number of carbonyl (C=O) groups excluding carboxylic acids is 4. The minimum Gasteiger partial charge on any atom is -0.462 e. The van der Waals surface area contributed by atoms with Crippen molar-refractivity contribution in [1.29, 1.82) is 0 Å². The van der Waals surface area contributed by atoms with Gasteiger partial charge in [-0.15, -0.1) is 0 Å². The van der Waals surface area contributed by atoms with Crippen LogP contribution in [0.3, 0.4) is 0 Å². The number of hydrogen-bond acceptors (Lipinski definition) is 15. The molecule has 3 unspecified atom stereocenters. The van der Waals surface area contributed by atoms with Crippen LogP contribution in [0.5, 0.6) is 0 Å². The highest BCUT2D eigenvalue weighted by molar-refractivity contribution is 7.47. The van der Waals surface area contributed by atoms with Crippen LogP contribution in [0.1, 0.15) is 357 Å². The van der Waals surface area contributed by atoms with Crippen LogP contribution in [-0.2, 0) is 65.4 Å². The van der Waals surface area contributed by atoms with E-state index in [0.717, 1.165) is 115 Å². The molecule has 0 spiro atoms. The van der Waals surface area contributed by atoms with Crippen LogP contribution in [0.4, 0.5) is 0 Å². The Balaban J connectivity index is 5.15. The molecule has 534 valence electrons. The van der Waals surface area contributed by atoms with Gasteiger partial charge in [0.2, 0.25) is 0 Å². The summed E-state index contributed by atoms with van der Waals surface area (Å²) in [7, 11) is -9.90. The molecule has 0 aliphatic heterocycles. The topological polar surface area (TPSA) is 237 Å². The molecule has 17 nitrogen and oxygen atoms in total. The summed E-state index contributed by atoms with van der Waals surface area (Å²) in [5.41, 5.74) is 0. The Labute approximate surface area is 549 Å². The van der Waals surface area contributed by atoms with Gasteiger partial charge in [0.1, 0.15) is 19.3 Å². The van der Waals surface area contributed by atoms with E-state index >= 15 is 0 Å². The zero-order valence-corrected chi connectivity index (χ0v) is 60.4. The van der Waals surface area contributed by atoms with Gasteiger partial charge in [0, 0.05) is 25.7 Å². The zero-order chi connectivity index (χ0) is 66.6. The van der Waals surface area contributed by atoms with E-state index in [1.807, 2.05) is 0 Å². The molecule has 0 aliphatic carbocycles. The highest BCUT2D eigenvalue weighted by atomic mass is 31.2. The van der Waals surface area contributed by atoms with Crippen LogP contribution in [0.2, 0.25) is 0 Å². The lowest BCUT2D eigenvalue weighted by molar-refractivity contribution is -0.161. The van der Waals surface area contributed by atoms with E-state index in [9.17, 15) is 43.2 Å². The van der Waals surface area contributed by atoms with Crippen molar-refractivity contribution in [2.24, 2.45) is 17.8 Å². The third-order valence-corrected chi connectivity index (χ3v) is 18.6. The number of hydrogen-bond donors (Lipinski definition) is 3. The van der Waals surface area contributed by atoms with E-state index in [4.69, 9.17) is 37.0 Å². The van der Waals surface area contributed by atoms with E-state index in [1.54, 1.807) is 0 Å². The molecular formula is C71H138O17P2. The van der Waals surface area contributed by atoms with E-state index in [0.29, 0.717) is 31.6 Å². The quantitative estimate of drug-likeness (QED) is 0.0222. The van der Waals surface area contributed by atoms with Crippen LogP contribution in [0.15, 0.2) is 0 Å². The summed E-state index contributed by atoms with van der Waals surface area (Å²) in [5, 5.41) is 10.6. The molecule has 0 aromatic heterocycles. The van der Waals surface area contributed by atoms with E-state index < -0.39 is 97.5 Å². The van der Waals surface area contributed by atoms with Crippen molar-refractivity contribution in [1.82, 2.24) is 0 Å². The van der Waals surface area contributed by atoms with Crippen LogP contribution >= 0.6 is 15.6 Å². The minimum absolute atomic E-state index is 0.105. The Morgan fingerprint density at radius 1 is 0.322 bits per heavy atom. The number of unbranched alkanes of at least 4 members (excludes halogenated alkanes) is 36. The van der Waals surface area contributed by atoms with Crippen LogP contribution in [0, 0.1) is 17.8 Å². The van der Waals surface area contributed by atoms with Crippen molar-refractivity contribution in [3.63, 3.8) is 0 Å². The molecule has 6 atom stereocenters. The summed E-state index contributed by atoms with van der Waals surface area (Å²) in [6.07, 6.45) is 46.1. The predicted molar refractivity (Wildman–Crippen MR) is 363 cm³/mol. The van der Waals surface area contributed by atoms with Crippen molar-refractivity contribution < 1.29 is 80.2 Å². The Kier molecular flexibility index (Phi) is 60.6. The maximum atomic E-state index is 13.0. The van der Waals surface area contributed by atoms with Gasteiger partial charge >= 0.3 is 39.5 Å². The molecule has 0 radical (unpaired) electrons. The molecule has 0 aromatic carbocycles. The molecule has 0 saturated heterocycles. The monoisotopic (exact) mass is 1320 g/mol. The number of carbonyl (C=O) groups is 4. The molecule has 0 aliphatic rings. The van der Waals surface area contributed by atoms with Gasteiger partial charge in [-0.1, -0.05) is 305 Å². The molecule has 90 heavy (non-hydrogen) atoms. The zero-order valence-electron chi connectivity index (χ0n) is 58.6. The normalized spacial score (nSPS) is 14.5. The molecule has 0 rings (SSSR count). The van der Waals surface area contributed by atoms with Gasteiger partial charge in [-0.2, -0.15) is 0 Å². The Hall–Kier alpha value is -1.94. The Morgan fingerprint density at radius 2 is 0.567 bits per heavy atom. The molecule has 0 bridgehead atoms. The molecule has 19 heteroatoms. The highest BCUT2D eigenvalue weighted by Crippen LogP contribution is 2.45. The van der Waals surface area contributed by atoms with Crippen LogP contribution in [-0.4, -0.2) is 96.7 Å². The van der Waals surface area contributed by atoms with Crippen molar-refractivity contribution in [2.75, 3.05) is 39.6 Å². The molecule has 0 aromatic rings. The molecular weight excluding hydrogens is 1190 g/mol. The standard InChI is InChI=1S/C71H138O17P2/c1-8-10-11-12-13-14-26-29-40-47-54-70(75)87-66(58-81-68(73)52-45-38-33-31-36-43-50-63(5)6)60-85-89(77,78)83-56-65(72)57-84-90(79,80)86-61-67(59-82-69(74)53-46-39-34-32-37-44-51-64(7)9-2)88-71(76)55-48-41-30-27-24-22-20-18-16-15-17-19-21-23-25-28-35-42-49-62(3)4/h62-67,72H,8-61H2,1-7H3,(H,77,78)(H,79,80)/t64?,65-,66+,67+/m0/s1. The average molecular weight is 1330 g/mol. The lowest BCUT2D eigenvalue weighted by Crippen LogP contribution is -2.30. The first kappa shape index (κ1) is 88.1. The number of aliphatic hydroxyl groups is 1. The van der Waals surface area contributed by atoms with Crippen LogP contribution in [0.25, 0.3) is 0 Å².